The lowest BCUT2D eigenvalue weighted by atomic mass is 10.1. The Bertz CT molecular complexity index is 597. The lowest BCUT2D eigenvalue weighted by Crippen LogP contribution is -2.34. The summed E-state index contributed by atoms with van der Waals surface area (Å²) in [5, 5.41) is 2.93. The number of rotatable bonds is 9. The van der Waals surface area contributed by atoms with E-state index < -0.39 is 23.8 Å². The molecule has 138 valence electrons. The number of nitrogens with one attached hydrogen (secondary N) is 1. The number of hydrogen-bond acceptors (Lipinski definition) is 8. The molecule has 8 nitrogen and oxygen atoms in total. The number of carbonyl (C=O) groups is 3. The third-order valence-corrected chi connectivity index (χ3v) is 3.26. The van der Waals surface area contributed by atoms with Gasteiger partial charge in [0.05, 0.1) is 38.7 Å². The molecule has 0 saturated heterocycles. The molecule has 0 aliphatic heterocycles. The topological polar surface area (TPSA) is 100 Å². The van der Waals surface area contributed by atoms with Gasteiger partial charge in [-0.1, -0.05) is 0 Å². The van der Waals surface area contributed by atoms with Crippen LogP contribution in [0.5, 0.6) is 5.75 Å². The largest absolute Gasteiger partial charge is 0.495 e. The summed E-state index contributed by atoms with van der Waals surface area (Å²) in [6.45, 7) is 3.53. The molecule has 0 bridgehead atoms. The second-order valence-corrected chi connectivity index (χ2v) is 4.84. The van der Waals surface area contributed by atoms with Crippen molar-refractivity contribution in [1.29, 1.82) is 0 Å². The lowest BCUT2D eigenvalue weighted by Gasteiger charge is -2.17. The van der Waals surface area contributed by atoms with Gasteiger partial charge in [0, 0.05) is 6.54 Å². The molecule has 0 aliphatic carbocycles. The fourth-order valence-corrected chi connectivity index (χ4v) is 2.05. The summed E-state index contributed by atoms with van der Waals surface area (Å²) in [7, 11) is 2.74. The number of benzene rings is 1. The first-order chi connectivity index (χ1) is 12.0. The van der Waals surface area contributed by atoms with Crippen LogP contribution in [0.1, 0.15) is 24.2 Å². The van der Waals surface area contributed by atoms with Crippen molar-refractivity contribution in [2.24, 2.45) is 5.92 Å². The van der Waals surface area contributed by atoms with Gasteiger partial charge in [0.2, 0.25) is 0 Å². The Labute approximate surface area is 146 Å². The molecule has 0 saturated carbocycles. The Balaban J connectivity index is 2.98. The molecule has 1 N–H and O–H groups in total. The van der Waals surface area contributed by atoms with Crippen LogP contribution < -0.4 is 10.1 Å². The van der Waals surface area contributed by atoms with Gasteiger partial charge in [-0.25, -0.2) is 4.79 Å². The minimum atomic E-state index is -1.13. The van der Waals surface area contributed by atoms with Gasteiger partial charge in [0.25, 0.3) is 0 Å². The predicted octanol–water partition coefficient (Wildman–Crippen LogP) is 1.64. The van der Waals surface area contributed by atoms with Gasteiger partial charge in [-0.05, 0) is 32.0 Å². The molecule has 0 radical (unpaired) electrons. The SMILES string of the molecule is CCOC(=O)C(CNc1cc(C(=O)OC)ccc1OC)C(=O)OCC. The third kappa shape index (κ3) is 5.66. The molecule has 0 amide bonds. The van der Waals surface area contributed by atoms with Crippen LogP contribution in [0.15, 0.2) is 18.2 Å². The molecule has 0 atom stereocenters. The van der Waals surface area contributed by atoms with Crippen molar-refractivity contribution >= 4 is 23.6 Å². The maximum atomic E-state index is 12.0. The maximum absolute atomic E-state index is 12.0. The van der Waals surface area contributed by atoms with Gasteiger partial charge in [-0.2, -0.15) is 0 Å². The summed E-state index contributed by atoms with van der Waals surface area (Å²) in [6.07, 6.45) is 0. The number of esters is 3. The molecule has 1 aromatic carbocycles. The van der Waals surface area contributed by atoms with Crippen molar-refractivity contribution in [2.75, 3.05) is 39.3 Å². The van der Waals surface area contributed by atoms with E-state index in [9.17, 15) is 14.4 Å². The highest BCUT2D eigenvalue weighted by Gasteiger charge is 2.29. The number of hydrogen-bond donors (Lipinski definition) is 1. The van der Waals surface area contributed by atoms with Crippen molar-refractivity contribution in [2.45, 2.75) is 13.8 Å². The van der Waals surface area contributed by atoms with Crippen LogP contribution in [-0.2, 0) is 23.8 Å². The predicted molar refractivity (Wildman–Crippen MR) is 89.6 cm³/mol. The summed E-state index contributed by atoms with van der Waals surface area (Å²) in [5.41, 5.74) is 0.735. The zero-order valence-corrected chi connectivity index (χ0v) is 14.8. The Morgan fingerprint density at radius 1 is 1.04 bits per heavy atom. The molecular formula is C17H23NO7. The minimum Gasteiger partial charge on any atom is -0.495 e. The van der Waals surface area contributed by atoms with E-state index in [-0.39, 0.29) is 19.8 Å². The zero-order valence-electron chi connectivity index (χ0n) is 14.8. The highest BCUT2D eigenvalue weighted by Crippen LogP contribution is 2.26. The second kappa shape index (κ2) is 10.2. The smallest absolute Gasteiger partial charge is 0.337 e. The summed E-state index contributed by atoms with van der Waals surface area (Å²) < 4.78 is 19.7. The summed E-state index contributed by atoms with van der Waals surface area (Å²) >= 11 is 0. The summed E-state index contributed by atoms with van der Waals surface area (Å²) in [4.78, 5) is 35.6. The van der Waals surface area contributed by atoms with Crippen molar-refractivity contribution < 1.29 is 33.3 Å². The molecule has 8 heteroatoms. The van der Waals surface area contributed by atoms with Gasteiger partial charge in [0.1, 0.15) is 5.75 Å². The van der Waals surface area contributed by atoms with Crippen LogP contribution >= 0.6 is 0 Å². The molecular weight excluding hydrogens is 330 g/mol. The van der Waals surface area contributed by atoms with Crippen LogP contribution in [0.4, 0.5) is 5.69 Å². The normalized spacial score (nSPS) is 10.1. The lowest BCUT2D eigenvalue weighted by molar-refractivity contribution is -0.160. The first kappa shape index (κ1) is 20.3. The third-order valence-electron chi connectivity index (χ3n) is 3.26. The summed E-state index contributed by atoms with van der Waals surface area (Å²) in [5.74, 6) is -2.57. The Morgan fingerprint density at radius 2 is 1.64 bits per heavy atom. The standard InChI is InChI=1S/C17H23NO7/c1-5-24-16(20)12(17(21)25-6-2)10-18-13-9-11(15(19)23-4)7-8-14(13)22-3/h7-9,12,18H,5-6,10H2,1-4H3. The first-order valence-corrected chi connectivity index (χ1v) is 7.81. The maximum Gasteiger partial charge on any atom is 0.337 e. The highest BCUT2D eigenvalue weighted by atomic mass is 16.6. The van der Waals surface area contributed by atoms with Crippen LogP contribution in [0, 0.1) is 5.92 Å². The number of carbonyl (C=O) groups excluding carboxylic acids is 3. The van der Waals surface area contributed by atoms with Crippen molar-refractivity contribution in [1.82, 2.24) is 0 Å². The average Bonchev–Trinajstić information content (AvgIpc) is 2.61. The van der Waals surface area contributed by atoms with Crippen molar-refractivity contribution in [3.8, 4) is 5.75 Å². The molecule has 0 unspecified atom stereocenters. The van der Waals surface area contributed by atoms with E-state index in [2.05, 4.69) is 10.1 Å². The van der Waals surface area contributed by atoms with E-state index in [0.717, 1.165) is 0 Å². The molecule has 25 heavy (non-hydrogen) atoms. The Kier molecular flexibility index (Phi) is 8.25. The molecule has 1 rings (SSSR count). The minimum absolute atomic E-state index is 0.0708. The van der Waals surface area contributed by atoms with Crippen molar-refractivity contribution in [3.63, 3.8) is 0 Å². The summed E-state index contributed by atoms with van der Waals surface area (Å²) in [6, 6.07) is 4.64. The van der Waals surface area contributed by atoms with E-state index in [0.29, 0.717) is 17.0 Å². The molecule has 0 fully saturated rings. The molecule has 1 aromatic rings. The second-order valence-electron chi connectivity index (χ2n) is 4.84. The Hall–Kier alpha value is -2.77. The van der Waals surface area contributed by atoms with Gasteiger partial charge < -0.3 is 24.3 Å². The van der Waals surface area contributed by atoms with Gasteiger partial charge in [-0.15, -0.1) is 0 Å². The highest BCUT2D eigenvalue weighted by molar-refractivity contribution is 5.96. The van der Waals surface area contributed by atoms with E-state index in [1.807, 2.05) is 0 Å². The molecule has 0 aromatic heterocycles. The van der Waals surface area contributed by atoms with Crippen molar-refractivity contribution in [3.05, 3.63) is 23.8 Å². The van der Waals surface area contributed by atoms with Gasteiger partial charge in [0.15, 0.2) is 5.92 Å². The fraction of sp³-hybridized carbons (Fsp3) is 0.471. The quantitative estimate of drug-likeness (QED) is 0.406. The number of ether oxygens (including phenoxy) is 4. The average molecular weight is 353 g/mol. The first-order valence-electron chi connectivity index (χ1n) is 7.81. The van der Waals surface area contributed by atoms with E-state index in [4.69, 9.17) is 14.2 Å². The van der Waals surface area contributed by atoms with E-state index in [1.165, 1.54) is 20.3 Å². The molecule has 0 aliphatic rings. The number of anilines is 1. The van der Waals surface area contributed by atoms with E-state index in [1.54, 1.807) is 26.0 Å². The van der Waals surface area contributed by atoms with Crippen LogP contribution in [0.2, 0.25) is 0 Å². The van der Waals surface area contributed by atoms with Crippen LogP contribution in [0.25, 0.3) is 0 Å². The monoisotopic (exact) mass is 353 g/mol. The van der Waals surface area contributed by atoms with Crippen LogP contribution in [-0.4, -0.2) is 51.9 Å². The zero-order chi connectivity index (χ0) is 18.8. The number of methoxy groups -OCH3 is 2. The molecule has 0 heterocycles. The molecule has 0 spiro atoms. The fourth-order valence-electron chi connectivity index (χ4n) is 2.05. The van der Waals surface area contributed by atoms with Crippen LogP contribution in [0.3, 0.4) is 0 Å². The van der Waals surface area contributed by atoms with E-state index >= 15 is 0 Å². The van der Waals surface area contributed by atoms with Gasteiger partial charge in [-0.3, -0.25) is 9.59 Å². The van der Waals surface area contributed by atoms with Gasteiger partial charge >= 0.3 is 17.9 Å². The Morgan fingerprint density at radius 3 is 2.12 bits per heavy atom.